The summed E-state index contributed by atoms with van der Waals surface area (Å²) < 4.78 is 9.32. The number of hydrogen-bond donors (Lipinski definition) is 1. The molecule has 1 N–H and O–H groups in total. The molecule has 0 heterocycles. The van der Waals surface area contributed by atoms with Gasteiger partial charge >= 0.3 is 5.97 Å². The van der Waals surface area contributed by atoms with E-state index in [1.807, 2.05) is 22.6 Å². The molecule has 78 valence electrons. The standard InChI is InChI=1S/C8H15IO4/c1-8(2,9)7(11)13-6-5-12-4-3-10/h10H,3-6H2,1-2H3. The van der Waals surface area contributed by atoms with Crippen LogP contribution in [0.1, 0.15) is 13.8 Å². The first-order chi connectivity index (χ1) is 5.98. The molecule has 5 heteroatoms. The molecule has 0 radical (unpaired) electrons. The molecule has 0 saturated heterocycles. The molecule has 0 rings (SSSR count). The van der Waals surface area contributed by atoms with Crippen molar-refractivity contribution in [2.24, 2.45) is 0 Å². The van der Waals surface area contributed by atoms with Gasteiger partial charge < -0.3 is 14.6 Å². The third-order valence-corrected chi connectivity index (χ3v) is 1.62. The number of esters is 1. The molecule has 0 aromatic heterocycles. The van der Waals surface area contributed by atoms with Crippen LogP contribution in [0.15, 0.2) is 0 Å². The fourth-order valence-corrected chi connectivity index (χ4v) is 0.687. The van der Waals surface area contributed by atoms with Crippen molar-refractivity contribution in [2.75, 3.05) is 26.4 Å². The maximum absolute atomic E-state index is 11.2. The van der Waals surface area contributed by atoms with Gasteiger partial charge in [0.15, 0.2) is 0 Å². The summed E-state index contributed by atoms with van der Waals surface area (Å²) >= 11 is 2.02. The van der Waals surface area contributed by atoms with Gasteiger partial charge in [0.2, 0.25) is 0 Å². The van der Waals surface area contributed by atoms with Gasteiger partial charge in [-0.05, 0) is 13.8 Å². The summed E-state index contributed by atoms with van der Waals surface area (Å²) in [6.07, 6.45) is 0. The summed E-state index contributed by atoms with van der Waals surface area (Å²) in [7, 11) is 0. The highest BCUT2D eigenvalue weighted by molar-refractivity contribution is 14.1. The smallest absolute Gasteiger partial charge is 0.321 e. The molecule has 0 amide bonds. The normalized spacial score (nSPS) is 11.4. The van der Waals surface area contributed by atoms with Crippen LogP contribution in [0.4, 0.5) is 0 Å². The van der Waals surface area contributed by atoms with Crippen molar-refractivity contribution in [1.29, 1.82) is 0 Å². The molecule has 0 unspecified atom stereocenters. The molecular weight excluding hydrogens is 287 g/mol. The fourth-order valence-electron chi connectivity index (χ4n) is 0.532. The molecule has 0 aromatic carbocycles. The quantitative estimate of drug-likeness (QED) is 0.340. The van der Waals surface area contributed by atoms with Crippen LogP contribution in [0, 0.1) is 0 Å². The van der Waals surface area contributed by atoms with Gasteiger partial charge in [-0.25, -0.2) is 0 Å². The summed E-state index contributed by atoms with van der Waals surface area (Å²) in [4.78, 5) is 11.2. The van der Waals surface area contributed by atoms with Crippen molar-refractivity contribution >= 4 is 28.6 Å². The van der Waals surface area contributed by atoms with E-state index >= 15 is 0 Å². The number of ether oxygens (including phenoxy) is 2. The molecule has 0 aliphatic heterocycles. The Labute approximate surface area is 91.7 Å². The lowest BCUT2D eigenvalue weighted by atomic mass is 10.2. The number of hydrogen-bond acceptors (Lipinski definition) is 4. The van der Waals surface area contributed by atoms with Crippen LogP contribution >= 0.6 is 22.6 Å². The molecule has 0 aromatic rings. The topological polar surface area (TPSA) is 55.8 Å². The zero-order valence-corrected chi connectivity index (χ0v) is 10.0. The zero-order valence-electron chi connectivity index (χ0n) is 7.88. The highest BCUT2D eigenvalue weighted by atomic mass is 127. The summed E-state index contributed by atoms with van der Waals surface area (Å²) in [5.74, 6) is -0.249. The van der Waals surface area contributed by atoms with E-state index in [1.54, 1.807) is 13.8 Å². The van der Waals surface area contributed by atoms with E-state index in [0.29, 0.717) is 6.61 Å². The van der Waals surface area contributed by atoms with E-state index in [9.17, 15) is 4.79 Å². The highest BCUT2D eigenvalue weighted by Gasteiger charge is 2.24. The predicted octanol–water partition coefficient (Wildman–Crippen LogP) is 0.752. The number of carbonyl (C=O) groups is 1. The second-order valence-electron chi connectivity index (χ2n) is 2.94. The largest absolute Gasteiger partial charge is 0.462 e. The number of aliphatic hydroxyl groups is 1. The Morgan fingerprint density at radius 3 is 2.46 bits per heavy atom. The van der Waals surface area contributed by atoms with Crippen molar-refractivity contribution in [1.82, 2.24) is 0 Å². The summed E-state index contributed by atoms with van der Waals surface area (Å²) in [5, 5.41) is 8.37. The van der Waals surface area contributed by atoms with Gasteiger partial charge in [-0.3, -0.25) is 4.79 Å². The van der Waals surface area contributed by atoms with Crippen LogP contribution < -0.4 is 0 Å². The average molecular weight is 302 g/mol. The first-order valence-corrected chi connectivity index (χ1v) is 5.11. The van der Waals surface area contributed by atoms with Crippen molar-refractivity contribution in [3.8, 4) is 0 Å². The molecule has 0 saturated carbocycles. The number of carbonyl (C=O) groups excluding carboxylic acids is 1. The van der Waals surface area contributed by atoms with E-state index in [0.717, 1.165) is 0 Å². The van der Waals surface area contributed by atoms with E-state index in [2.05, 4.69) is 0 Å². The molecular formula is C8H15IO4. The van der Waals surface area contributed by atoms with E-state index in [1.165, 1.54) is 0 Å². The molecule has 0 fully saturated rings. The first-order valence-electron chi connectivity index (χ1n) is 4.03. The third kappa shape index (κ3) is 7.21. The SMILES string of the molecule is CC(C)(I)C(=O)OCCOCCO. The van der Waals surface area contributed by atoms with Gasteiger partial charge in [0.1, 0.15) is 10.0 Å². The fraction of sp³-hybridized carbons (Fsp3) is 0.875. The Bertz CT molecular complexity index is 153. The minimum atomic E-state index is -0.491. The molecule has 0 atom stereocenters. The van der Waals surface area contributed by atoms with E-state index < -0.39 is 3.42 Å². The number of rotatable bonds is 6. The molecule has 0 aliphatic carbocycles. The number of aliphatic hydroxyl groups excluding tert-OH is 1. The average Bonchev–Trinajstić information content (AvgIpc) is 2.02. The second kappa shape index (κ2) is 6.56. The van der Waals surface area contributed by atoms with Crippen molar-refractivity contribution in [3.63, 3.8) is 0 Å². The van der Waals surface area contributed by atoms with Gasteiger partial charge in [-0.2, -0.15) is 0 Å². The Morgan fingerprint density at radius 2 is 2.00 bits per heavy atom. The molecule has 4 nitrogen and oxygen atoms in total. The molecule has 13 heavy (non-hydrogen) atoms. The minimum absolute atomic E-state index is 0.00821. The molecule has 0 spiro atoms. The van der Waals surface area contributed by atoms with Crippen LogP contribution in [-0.4, -0.2) is 40.9 Å². The van der Waals surface area contributed by atoms with Crippen molar-refractivity contribution < 1.29 is 19.4 Å². The Kier molecular flexibility index (Phi) is 6.62. The van der Waals surface area contributed by atoms with Gasteiger partial charge in [-0.1, -0.05) is 22.6 Å². The lowest BCUT2D eigenvalue weighted by Crippen LogP contribution is -2.27. The predicted molar refractivity (Wildman–Crippen MR) is 57.0 cm³/mol. The zero-order chi connectivity index (χ0) is 10.3. The molecule has 0 bridgehead atoms. The summed E-state index contributed by atoms with van der Waals surface area (Å²) in [6, 6.07) is 0. The van der Waals surface area contributed by atoms with E-state index in [4.69, 9.17) is 14.6 Å². The number of halogens is 1. The Balaban J connectivity index is 3.38. The third-order valence-electron chi connectivity index (χ3n) is 1.18. The lowest BCUT2D eigenvalue weighted by molar-refractivity contribution is -0.146. The van der Waals surface area contributed by atoms with E-state index in [-0.39, 0.29) is 25.8 Å². The monoisotopic (exact) mass is 302 g/mol. The van der Waals surface area contributed by atoms with Gasteiger partial charge in [0, 0.05) is 0 Å². The Hall–Kier alpha value is 0.120. The first kappa shape index (κ1) is 13.1. The van der Waals surface area contributed by atoms with Crippen molar-refractivity contribution in [2.45, 2.75) is 17.3 Å². The maximum Gasteiger partial charge on any atom is 0.321 e. The van der Waals surface area contributed by atoms with Gasteiger partial charge in [-0.15, -0.1) is 0 Å². The van der Waals surface area contributed by atoms with Crippen LogP contribution in [0.5, 0.6) is 0 Å². The van der Waals surface area contributed by atoms with Gasteiger partial charge in [0.25, 0.3) is 0 Å². The maximum atomic E-state index is 11.2. The van der Waals surface area contributed by atoms with Crippen LogP contribution in [-0.2, 0) is 14.3 Å². The van der Waals surface area contributed by atoms with Crippen LogP contribution in [0.2, 0.25) is 0 Å². The number of alkyl halides is 1. The second-order valence-corrected chi connectivity index (χ2v) is 5.64. The van der Waals surface area contributed by atoms with Crippen LogP contribution in [0.25, 0.3) is 0 Å². The Morgan fingerprint density at radius 1 is 1.38 bits per heavy atom. The lowest BCUT2D eigenvalue weighted by Gasteiger charge is -2.14. The summed E-state index contributed by atoms with van der Waals surface area (Å²) in [6.45, 7) is 4.41. The van der Waals surface area contributed by atoms with Crippen molar-refractivity contribution in [3.05, 3.63) is 0 Å². The van der Waals surface area contributed by atoms with Crippen LogP contribution in [0.3, 0.4) is 0 Å². The molecule has 0 aliphatic rings. The minimum Gasteiger partial charge on any atom is -0.462 e. The highest BCUT2D eigenvalue weighted by Crippen LogP contribution is 2.17. The van der Waals surface area contributed by atoms with Gasteiger partial charge in [0.05, 0.1) is 19.8 Å². The summed E-state index contributed by atoms with van der Waals surface area (Å²) in [5.41, 5.74) is 0.